The van der Waals surface area contributed by atoms with Gasteiger partial charge in [-0.1, -0.05) is 0 Å². The van der Waals surface area contributed by atoms with Crippen LogP contribution in [0, 0.1) is 2.88 Å². The molecule has 4 nitrogen and oxygen atoms in total. The Balaban J connectivity index is 1.70. The SMILES string of the molecule is O=C(NCCCc1ncc[nH]1)c1csc(I)c1. The van der Waals surface area contributed by atoms with Crippen molar-refractivity contribution < 1.29 is 4.79 Å². The Kier molecular flexibility index (Phi) is 4.55. The van der Waals surface area contributed by atoms with Crippen LogP contribution in [0.2, 0.25) is 0 Å². The molecule has 2 aromatic heterocycles. The maximum Gasteiger partial charge on any atom is 0.252 e. The highest BCUT2D eigenvalue weighted by Crippen LogP contribution is 2.16. The predicted molar refractivity (Wildman–Crippen MR) is 76.3 cm³/mol. The Hall–Kier alpha value is -0.890. The van der Waals surface area contributed by atoms with E-state index in [1.54, 1.807) is 23.7 Å². The van der Waals surface area contributed by atoms with Crippen molar-refractivity contribution in [2.75, 3.05) is 6.54 Å². The van der Waals surface area contributed by atoms with Crippen molar-refractivity contribution >= 4 is 39.8 Å². The van der Waals surface area contributed by atoms with Crippen molar-refractivity contribution in [1.29, 1.82) is 0 Å². The first-order chi connectivity index (χ1) is 8.25. The average molecular weight is 361 g/mol. The highest BCUT2D eigenvalue weighted by molar-refractivity contribution is 14.1. The van der Waals surface area contributed by atoms with Crippen LogP contribution in [0.15, 0.2) is 23.8 Å². The van der Waals surface area contributed by atoms with Crippen molar-refractivity contribution in [2.45, 2.75) is 12.8 Å². The van der Waals surface area contributed by atoms with Gasteiger partial charge in [0.25, 0.3) is 5.91 Å². The van der Waals surface area contributed by atoms with Gasteiger partial charge in [0, 0.05) is 30.7 Å². The second kappa shape index (κ2) is 6.15. The number of H-pyrrole nitrogens is 1. The highest BCUT2D eigenvalue weighted by Gasteiger charge is 2.06. The van der Waals surface area contributed by atoms with Gasteiger partial charge in [0.1, 0.15) is 5.82 Å². The lowest BCUT2D eigenvalue weighted by Gasteiger charge is -2.02. The molecule has 2 N–H and O–H groups in total. The fraction of sp³-hybridized carbons (Fsp3) is 0.273. The molecule has 17 heavy (non-hydrogen) atoms. The number of hydrogen-bond acceptors (Lipinski definition) is 3. The number of nitrogens with zero attached hydrogens (tertiary/aromatic N) is 1. The van der Waals surface area contributed by atoms with E-state index in [0.29, 0.717) is 6.54 Å². The largest absolute Gasteiger partial charge is 0.352 e. The van der Waals surface area contributed by atoms with E-state index in [-0.39, 0.29) is 5.91 Å². The maximum atomic E-state index is 11.7. The van der Waals surface area contributed by atoms with Crippen LogP contribution in [0.25, 0.3) is 0 Å². The number of imidazole rings is 1. The molecule has 0 saturated carbocycles. The van der Waals surface area contributed by atoms with Crippen molar-refractivity contribution in [2.24, 2.45) is 0 Å². The quantitative estimate of drug-likeness (QED) is 0.635. The molecule has 2 rings (SSSR count). The number of nitrogens with one attached hydrogen (secondary N) is 2. The summed E-state index contributed by atoms with van der Waals surface area (Å²) in [5.74, 6) is 0.966. The molecule has 0 fully saturated rings. The molecule has 90 valence electrons. The third-order valence-corrected chi connectivity index (χ3v) is 4.05. The summed E-state index contributed by atoms with van der Waals surface area (Å²) in [5, 5.41) is 4.78. The van der Waals surface area contributed by atoms with Crippen molar-refractivity contribution in [3.8, 4) is 0 Å². The summed E-state index contributed by atoms with van der Waals surface area (Å²) in [4.78, 5) is 18.9. The summed E-state index contributed by atoms with van der Waals surface area (Å²) >= 11 is 3.79. The van der Waals surface area contributed by atoms with E-state index >= 15 is 0 Å². The normalized spacial score (nSPS) is 10.4. The van der Waals surface area contributed by atoms with Crippen LogP contribution >= 0.6 is 33.9 Å². The smallest absolute Gasteiger partial charge is 0.252 e. The number of halogens is 1. The van der Waals surface area contributed by atoms with Crippen LogP contribution in [-0.4, -0.2) is 22.4 Å². The first-order valence-corrected chi connectivity index (χ1v) is 7.22. The van der Waals surface area contributed by atoms with Crippen LogP contribution < -0.4 is 5.32 Å². The van der Waals surface area contributed by atoms with E-state index in [4.69, 9.17) is 0 Å². The monoisotopic (exact) mass is 361 g/mol. The van der Waals surface area contributed by atoms with Gasteiger partial charge in [-0.05, 0) is 35.1 Å². The fourth-order valence-electron chi connectivity index (χ4n) is 1.42. The minimum absolute atomic E-state index is 0.00334. The summed E-state index contributed by atoms with van der Waals surface area (Å²) in [7, 11) is 0. The Morgan fingerprint density at radius 2 is 2.47 bits per heavy atom. The summed E-state index contributed by atoms with van der Waals surface area (Å²) in [5.41, 5.74) is 0.748. The molecule has 2 heterocycles. The molecular weight excluding hydrogens is 349 g/mol. The van der Waals surface area contributed by atoms with E-state index < -0.39 is 0 Å². The summed E-state index contributed by atoms with van der Waals surface area (Å²) in [6.45, 7) is 0.673. The number of aromatic nitrogens is 2. The van der Waals surface area contributed by atoms with Crippen molar-refractivity contribution in [3.63, 3.8) is 0 Å². The van der Waals surface area contributed by atoms with Crippen LogP contribution in [0.1, 0.15) is 22.6 Å². The molecular formula is C11H12IN3OS. The van der Waals surface area contributed by atoms with Gasteiger partial charge in [-0.25, -0.2) is 4.98 Å². The lowest BCUT2D eigenvalue weighted by molar-refractivity contribution is 0.0953. The van der Waals surface area contributed by atoms with Gasteiger partial charge in [-0.3, -0.25) is 4.79 Å². The van der Waals surface area contributed by atoms with Crippen LogP contribution in [0.5, 0.6) is 0 Å². The number of aromatic amines is 1. The van der Waals surface area contributed by atoms with Gasteiger partial charge in [-0.15, -0.1) is 11.3 Å². The third-order valence-electron chi connectivity index (χ3n) is 2.26. The molecule has 0 bridgehead atoms. The molecule has 2 aromatic rings. The van der Waals surface area contributed by atoms with Gasteiger partial charge in [0.05, 0.1) is 8.45 Å². The fourth-order valence-corrected chi connectivity index (χ4v) is 2.75. The highest BCUT2D eigenvalue weighted by atomic mass is 127. The number of carbonyl (C=O) groups is 1. The minimum atomic E-state index is 0.00334. The Labute approximate surface area is 117 Å². The molecule has 0 unspecified atom stereocenters. The molecule has 0 aromatic carbocycles. The average Bonchev–Trinajstić information content (AvgIpc) is 2.95. The van der Waals surface area contributed by atoms with Crippen molar-refractivity contribution in [1.82, 2.24) is 15.3 Å². The number of hydrogen-bond donors (Lipinski definition) is 2. The zero-order valence-corrected chi connectivity index (χ0v) is 12.0. The van der Waals surface area contributed by atoms with E-state index in [1.807, 2.05) is 11.4 Å². The molecule has 0 spiro atoms. The number of thiophene rings is 1. The van der Waals surface area contributed by atoms with Gasteiger partial charge in [0.2, 0.25) is 0 Å². The Bertz CT molecular complexity index is 481. The van der Waals surface area contributed by atoms with E-state index in [0.717, 1.165) is 27.1 Å². The predicted octanol–water partition coefficient (Wildman–Crippen LogP) is 2.44. The molecule has 0 atom stereocenters. The lowest BCUT2D eigenvalue weighted by atomic mass is 10.3. The van der Waals surface area contributed by atoms with Gasteiger partial charge >= 0.3 is 0 Å². The standard InChI is InChI=1S/C11H12IN3OS/c12-9-6-8(7-17-9)11(16)15-3-1-2-10-13-4-5-14-10/h4-7H,1-3H2,(H,13,14)(H,15,16). The zero-order chi connectivity index (χ0) is 12.1. The minimum Gasteiger partial charge on any atom is -0.352 e. The van der Waals surface area contributed by atoms with Crippen molar-refractivity contribution in [3.05, 3.63) is 38.1 Å². The van der Waals surface area contributed by atoms with Gasteiger partial charge in [-0.2, -0.15) is 0 Å². The zero-order valence-electron chi connectivity index (χ0n) is 9.07. The van der Waals surface area contributed by atoms with Gasteiger partial charge in [0.15, 0.2) is 0 Å². The molecule has 0 aliphatic heterocycles. The molecule has 0 aliphatic rings. The summed E-state index contributed by atoms with van der Waals surface area (Å²) in [6, 6.07) is 1.90. The Morgan fingerprint density at radius 3 is 3.12 bits per heavy atom. The number of carbonyl (C=O) groups excluding carboxylic acids is 1. The first-order valence-electron chi connectivity index (χ1n) is 5.26. The lowest BCUT2D eigenvalue weighted by Crippen LogP contribution is -2.24. The molecule has 0 saturated heterocycles. The molecule has 0 radical (unpaired) electrons. The third kappa shape index (κ3) is 3.81. The number of amides is 1. The second-order valence-corrected chi connectivity index (χ2v) is 6.34. The molecule has 6 heteroatoms. The summed E-state index contributed by atoms with van der Waals surface area (Å²) in [6.07, 6.45) is 5.29. The van der Waals surface area contributed by atoms with E-state index in [2.05, 4.69) is 37.9 Å². The maximum absolute atomic E-state index is 11.7. The Morgan fingerprint density at radius 1 is 1.59 bits per heavy atom. The van der Waals surface area contributed by atoms with E-state index in [1.165, 1.54) is 0 Å². The van der Waals surface area contributed by atoms with Crippen LogP contribution in [-0.2, 0) is 6.42 Å². The molecule has 1 amide bonds. The van der Waals surface area contributed by atoms with Crippen LogP contribution in [0.4, 0.5) is 0 Å². The number of aryl methyl sites for hydroxylation is 1. The molecule has 0 aliphatic carbocycles. The second-order valence-electron chi connectivity index (χ2n) is 3.53. The topological polar surface area (TPSA) is 57.8 Å². The van der Waals surface area contributed by atoms with E-state index in [9.17, 15) is 4.79 Å². The van der Waals surface area contributed by atoms with Crippen LogP contribution in [0.3, 0.4) is 0 Å². The van der Waals surface area contributed by atoms with Gasteiger partial charge < -0.3 is 10.3 Å². The number of rotatable bonds is 5. The summed E-state index contributed by atoms with van der Waals surface area (Å²) < 4.78 is 1.13. The first kappa shape index (κ1) is 12.6.